The SMILES string of the molecule is N=C(c1ccncc1)C(N)C(=O)N1CCCC1. The summed E-state index contributed by atoms with van der Waals surface area (Å²) in [6.07, 6.45) is 5.25. The molecular formula is C12H16N4O. The molecule has 1 aliphatic rings. The Morgan fingerprint density at radius 3 is 2.53 bits per heavy atom. The summed E-state index contributed by atoms with van der Waals surface area (Å²) in [6, 6.07) is 2.52. The molecule has 1 aromatic heterocycles. The topological polar surface area (TPSA) is 83.1 Å². The van der Waals surface area contributed by atoms with Crippen molar-refractivity contribution in [1.82, 2.24) is 9.88 Å². The minimum absolute atomic E-state index is 0.149. The van der Waals surface area contributed by atoms with Crippen LogP contribution < -0.4 is 5.73 Å². The normalized spacial score (nSPS) is 16.9. The van der Waals surface area contributed by atoms with Crippen LogP contribution in [-0.2, 0) is 4.79 Å². The molecule has 0 spiro atoms. The molecule has 1 unspecified atom stereocenters. The monoisotopic (exact) mass is 232 g/mol. The average molecular weight is 232 g/mol. The second-order valence-electron chi connectivity index (χ2n) is 4.16. The van der Waals surface area contributed by atoms with E-state index in [4.69, 9.17) is 11.1 Å². The van der Waals surface area contributed by atoms with Crippen molar-refractivity contribution in [3.05, 3.63) is 30.1 Å². The van der Waals surface area contributed by atoms with Crippen molar-refractivity contribution < 1.29 is 4.79 Å². The van der Waals surface area contributed by atoms with E-state index in [1.54, 1.807) is 29.4 Å². The summed E-state index contributed by atoms with van der Waals surface area (Å²) in [5.74, 6) is -0.149. The lowest BCUT2D eigenvalue weighted by Crippen LogP contribution is -2.47. The van der Waals surface area contributed by atoms with Gasteiger partial charge in [-0.2, -0.15) is 0 Å². The summed E-state index contributed by atoms with van der Waals surface area (Å²) in [5, 5.41) is 7.93. The number of nitrogens with zero attached hydrogens (tertiary/aromatic N) is 2. The molecule has 2 heterocycles. The fourth-order valence-corrected chi connectivity index (χ4v) is 1.97. The van der Waals surface area contributed by atoms with Gasteiger partial charge < -0.3 is 16.0 Å². The van der Waals surface area contributed by atoms with E-state index < -0.39 is 6.04 Å². The number of carbonyl (C=O) groups is 1. The summed E-state index contributed by atoms with van der Waals surface area (Å²) >= 11 is 0. The van der Waals surface area contributed by atoms with E-state index in [0.717, 1.165) is 25.9 Å². The van der Waals surface area contributed by atoms with E-state index in [-0.39, 0.29) is 11.6 Å². The Hall–Kier alpha value is -1.75. The number of nitrogens with one attached hydrogen (secondary N) is 1. The standard InChI is InChI=1S/C12H16N4O/c13-10(9-3-5-15-6-4-9)11(14)12(17)16-7-1-2-8-16/h3-6,11,13H,1-2,7-8,14H2. The molecule has 5 heteroatoms. The number of likely N-dealkylation sites (tertiary alicyclic amines) is 1. The Balaban J connectivity index is 2.07. The van der Waals surface area contributed by atoms with Crippen molar-refractivity contribution in [3.8, 4) is 0 Å². The molecule has 0 bridgehead atoms. The number of carbonyl (C=O) groups excluding carboxylic acids is 1. The van der Waals surface area contributed by atoms with Crippen molar-refractivity contribution in [2.45, 2.75) is 18.9 Å². The van der Waals surface area contributed by atoms with Gasteiger partial charge in [-0.1, -0.05) is 0 Å². The lowest BCUT2D eigenvalue weighted by molar-refractivity contribution is -0.129. The maximum Gasteiger partial charge on any atom is 0.245 e. The summed E-state index contributed by atoms with van der Waals surface area (Å²) in [7, 11) is 0. The third-order valence-electron chi connectivity index (χ3n) is 2.99. The number of amides is 1. The molecule has 90 valence electrons. The largest absolute Gasteiger partial charge is 0.341 e. The van der Waals surface area contributed by atoms with Crippen LogP contribution in [0.5, 0.6) is 0 Å². The Morgan fingerprint density at radius 1 is 1.35 bits per heavy atom. The van der Waals surface area contributed by atoms with E-state index in [9.17, 15) is 4.79 Å². The van der Waals surface area contributed by atoms with Crippen LogP contribution in [0.1, 0.15) is 18.4 Å². The van der Waals surface area contributed by atoms with Gasteiger partial charge in [-0.05, 0) is 25.0 Å². The predicted molar refractivity (Wildman–Crippen MR) is 64.9 cm³/mol. The van der Waals surface area contributed by atoms with Gasteiger partial charge in [-0.3, -0.25) is 9.78 Å². The van der Waals surface area contributed by atoms with Crippen LogP contribution in [0.2, 0.25) is 0 Å². The highest BCUT2D eigenvalue weighted by molar-refractivity contribution is 6.14. The highest BCUT2D eigenvalue weighted by Gasteiger charge is 2.26. The summed E-state index contributed by atoms with van der Waals surface area (Å²) in [5.41, 5.74) is 6.65. The fourth-order valence-electron chi connectivity index (χ4n) is 1.97. The zero-order valence-corrected chi connectivity index (χ0v) is 9.60. The van der Waals surface area contributed by atoms with Gasteiger partial charge in [0.05, 0.1) is 5.71 Å². The first-order valence-electron chi connectivity index (χ1n) is 5.73. The molecule has 1 amide bonds. The van der Waals surface area contributed by atoms with E-state index in [0.29, 0.717) is 5.56 Å². The maximum absolute atomic E-state index is 12.0. The second-order valence-corrected chi connectivity index (χ2v) is 4.16. The van der Waals surface area contributed by atoms with E-state index in [1.165, 1.54) is 0 Å². The third-order valence-corrected chi connectivity index (χ3v) is 2.99. The molecule has 0 radical (unpaired) electrons. The number of aromatic nitrogens is 1. The second kappa shape index (κ2) is 5.05. The number of pyridine rings is 1. The zero-order valence-electron chi connectivity index (χ0n) is 9.60. The Kier molecular flexibility index (Phi) is 3.49. The maximum atomic E-state index is 12.0. The van der Waals surface area contributed by atoms with Crippen LogP contribution >= 0.6 is 0 Å². The molecular weight excluding hydrogens is 216 g/mol. The molecule has 0 aliphatic carbocycles. The molecule has 0 aromatic carbocycles. The van der Waals surface area contributed by atoms with E-state index in [2.05, 4.69) is 4.98 Å². The molecule has 1 fully saturated rings. The quantitative estimate of drug-likeness (QED) is 0.740. The van der Waals surface area contributed by atoms with Crippen molar-refractivity contribution >= 4 is 11.6 Å². The number of rotatable bonds is 3. The molecule has 1 aliphatic heterocycles. The van der Waals surface area contributed by atoms with Crippen molar-refractivity contribution in [3.63, 3.8) is 0 Å². The number of hydrogen-bond donors (Lipinski definition) is 2. The molecule has 1 atom stereocenters. The average Bonchev–Trinajstić information content (AvgIpc) is 2.91. The van der Waals surface area contributed by atoms with Gasteiger partial charge >= 0.3 is 0 Å². The summed E-state index contributed by atoms with van der Waals surface area (Å²) in [6.45, 7) is 1.52. The van der Waals surface area contributed by atoms with Gasteiger partial charge in [0.2, 0.25) is 5.91 Å². The van der Waals surface area contributed by atoms with Gasteiger partial charge in [0.1, 0.15) is 6.04 Å². The molecule has 17 heavy (non-hydrogen) atoms. The zero-order chi connectivity index (χ0) is 12.3. The van der Waals surface area contributed by atoms with E-state index >= 15 is 0 Å². The minimum Gasteiger partial charge on any atom is -0.341 e. The smallest absolute Gasteiger partial charge is 0.245 e. The van der Waals surface area contributed by atoms with Crippen LogP contribution in [0.4, 0.5) is 0 Å². The van der Waals surface area contributed by atoms with Crippen molar-refractivity contribution in [2.24, 2.45) is 5.73 Å². The molecule has 3 N–H and O–H groups in total. The first-order valence-corrected chi connectivity index (χ1v) is 5.73. The van der Waals surface area contributed by atoms with Gasteiger partial charge in [-0.15, -0.1) is 0 Å². The van der Waals surface area contributed by atoms with E-state index in [1.807, 2.05) is 0 Å². The molecule has 2 rings (SSSR count). The molecule has 5 nitrogen and oxygen atoms in total. The van der Waals surface area contributed by atoms with Crippen molar-refractivity contribution in [1.29, 1.82) is 5.41 Å². The molecule has 0 saturated carbocycles. The van der Waals surface area contributed by atoms with Crippen molar-refractivity contribution in [2.75, 3.05) is 13.1 Å². The summed E-state index contributed by atoms with van der Waals surface area (Å²) < 4.78 is 0. The number of hydrogen-bond acceptors (Lipinski definition) is 4. The third kappa shape index (κ3) is 2.50. The minimum atomic E-state index is -0.865. The van der Waals surface area contributed by atoms with Crippen LogP contribution in [0.3, 0.4) is 0 Å². The number of nitrogens with two attached hydrogens (primary N) is 1. The molecule has 1 aromatic rings. The van der Waals surface area contributed by atoms with Crippen LogP contribution in [0.15, 0.2) is 24.5 Å². The van der Waals surface area contributed by atoms with Gasteiger partial charge in [0.15, 0.2) is 0 Å². The first-order chi connectivity index (χ1) is 8.20. The predicted octanol–water partition coefficient (Wildman–Crippen LogP) is 0.399. The summed E-state index contributed by atoms with van der Waals surface area (Å²) in [4.78, 5) is 17.6. The van der Waals surface area contributed by atoms with Crippen LogP contribution in [0, 0.1) is 5.41 Å². The van der Waals surface area contributed by atoms with Crippen LogP contribution in [0.25, 0.3) is 0 Å². The first kappa shape index (κ1) is 11.7. The Morgan fingerprint density at radius 2 is 1.94 bits per heavy atom. The molecule has 1 saturated heterocycles. The lowest BCUT2D eigenvalue weighted by Gasteiger charge is -2.20. The van der Waals surface area contributed by atoms with Gasteiger partial charge in [0.25, 0.3) is 0 Å². The van der Waals surface area contributed by atoms with Gasteiger partial charge in [0, 0.05) is 31.0 Å². The highest BCUT2D eigenvalue weighted by atomic mass is 16.2. The highest BCUT2D eigenvalue weighted by Crippen LogP contribution is 2.10. The van der Waals surface area contributed by atoms with Gasteiger partial charge in [-0.25, -0.2) is 0 Å². The Bertz CT molecular complexity index is 412. The fraction of sp³-hybridized carbons (Fsp3) is 0.417. The lowest BCUT2D eigenvalue weighted by atomic mass is 10.0. The Labute approximate surface area is 100 Å². The van der Waals surface area contributed by atoms with Crippen LogP contribution in [-0.4, -0.2) is 40.6 Å².